The van der Waals surface area contributed by atoms with Crippen molar-refractivity contribution in [1.82, 2.24) is 15.2 Å². The van der Waals surface area contributed by atoms with Crippen LogP contribution in [0.5, 0.6) is 5.75 Å². The molecule has 0 aliphatic rings. The zero-order chi connectivity index (χ0) is 21.9. The summed E-state index contributed by atoms with van der Waals surface area (Å²) in [7, 11) is 3.18. The maximum absolute atomic E-state index is 13.0. The first-order valence-corrected chi connectivity index (χ1v) is 10.8. The molecule has 2 rings (SSSR count). The second-order valence-corrected chi connectivity index (χ2v) is 7.63. The smallest absolute Gasteiger partial charge is 0.273 e. The van der Waals surface area contributed by atoms with Gasteiger partial charge in [-0.3, -0.25) is 9.59 Å². The number of rotatable bonds is 12. The number of thiazole rings is 1. The number of carbonyl (C=O) groups is 2. The number of carbonyl (C=O) groups excluding carboxylic acids is 2. The van der Waals surface area contributed by atoms with Gasteiger partial charge in [-0.05, 0) is 25.5 Å². The third-order valence-electron chi connectivity index (χ3n) is 4.55. The van der Waals surface area contributed by atoms with Crippen molar-refractivity contribution in [2.45, 2.75) is 32.7 Å². The third kappa shape index (κ3) is 7.00. The molecule has 2 amide bonds. The van der Waals surface area contributed by atoms with Gasteiger partial charge in [0.1, 0.15) is 11.4 Å². The molecule has 1 unspecified atom stereocenters. The fraction of sp³-hybridized carbons (Fsp3) is 0.476. The van der Waals surface area contributed by atoms with Gasteiger partial charge in [0, 0.05) is 38.0 Å². The quantitative estimate of drug-likeness (QED) is 0.533. The van der Waals surface area contributed by atoms with Gasteiger partial charge in [0.25, 0.3) is 5.91 Å². The Kier molecular flexibility index (Phi) is 9.56. The minimum Gasteiger partial charge on any atom is -0.495 e. The Balaban J connectivity index is 2.04. The Morgan fingerprint density at radius 2 is 2.00 bits per heavy atom. The maximum atomic E-state index is 13.0. The number of hydrogen-bond acceptors (Lipinski definition) is 7. The summed E-state index contributed by atoms with van der Waals surface area (Å²) in [4.78, 5) is 31.1. The molecule has 0 bridgehead atoms. The van der Waals surface area contributed by atoms with E-state index in [1.165, 1.54) is 11.3 Å². The van der Waals surface area contributed by atoms with E-state index >= 15 is 0 Å². The van der Waals surface area contributed by atoms with Crippen LogP contribution in [0.15, 0.2) is 29.6 Å². The molecule has 2 aromatic rings. The van der Waals surface area contributed by atoms with E-state index in [4.69, 9.17) is 9.47 Å². The van der Waals surface area contributed by atoms with Crippen LogP contribution in [0, 0.1) is 0 Å². The van der Waals surface area contributed by atoms with Gasteiger partial charge in [0.15, 0.2) is 5.13 Å². The largest absolute Gasteiger partial charge is 0.495 e. The molecule has 164 valence electrons. The molecule has 1 aromatic carbocycles. The van der Waals surface area contributed by atoms with E-state index in [9.17, 15) is 9.59 Å². The van der Waals surface area contributed by atoms with Crippen molar-refractivity contribution < 1.29 is 19.1 Å². The molecule has 2 N–H and O–H groups in total. The molecule has 0 fully saturated rings. The molecule has 0 aliphatic carbocycles. The average molecular weight is 435 g/mol. The van der Waals surface area contributed by atoms with E-state index in [2.05, 4.69) is 15.6 Å². The minimum absolute atomic E-state index is 0.0728. The van der Waals surface area contributed by atoms with Gasteiger partial charge in [-0.2, -0.15) is 0 Å². The van der Waals surface area contributed by atoms with Crippen LogP contribution in [-0.4, -0.2) is 61.7 Å². The van der Waals surface area contributed by atoms with Crippen LogP contribution >= 0.6 is 11.3 Å². The highest BCUT2D eigenvalue weighted by Crippen LogP contribution is 2.28. The zero-order valence-electron chi connectivity index (χ0n) is 17.9. The molecule has 30 heavy (non-hydrogen) atoms. The molecule has 0 saturated heterocycles. The fourth-order valence-corrected chi connectivity index (χ4v) is 3.35. The van der Waals surface area contributed by atoms with Gasteiger partial charge in [0.05, 0.1) is 19.4 Å². The van der Waals surface area contributed by atoms with Crippen molar-refractivity contribution in [1.29, 1.82) is 0 Å². The van der Waals surface area contributed by atoms with Crippen molar-refractivity contribution in [2.75, 3.05) is 39.2 Å². The molecular formula is C21H30N4O4S. The molecule has 8 nitrogen and oxygen atoms in total. The van der Waals surface area contributed by atoms with Gasteiger partial charge in [0.2, 0.25) is 5.91 Å². The van der Waals surface area contributed by atoms with Crippen LogP contribution in [0.2, 0.25) is 0 Å². The van der Waals surface area contributed by atoms with E-state index in [1.54, 1.807) is 24.5 Å². The van der Waals surface area contributed by atoms with E-state index in [0.717, 1.165) is 12.1 Å². The van der Waals surface area contributed by atoms with E-state index in [1.807, 2.05) is 38.1 Å². The predicted octanol–water partition coefficient (Wildman–Crippen LogP) is 3.29. The van der Waals surface area contributed by atoms with Crippen molar-refractivity contribution in [3.63, 3.8) is 0 Å². The molecule has 1 aromatic heterocycles. The summed E-state index contributed by atoms with van der Waals surface area (Å²) in [6.07, 6.45) is 1.09. The predicted molar refractivity (Wildman–Crippen MR) is 119 cm³/mol. The molecule has 1 heterocycles. The second kappa shape index (κ2) is 12.1. The van der Waals surface area contributed by atoms with Crippen LogP contribution in [0.1, 0.15) is 37.2 Å². The molecule has 9 heteroatoms. The number of nitrogens with one attached hydrogen (secondary N) is 2. The summed E-state index contributed by atoms with van der Waals surface area (Å²) >= 11 is 1.33. The lowest BCUT2D eigenvalue weighted by molar-refractivity contribution is -0.121. The lowest BCUT2D eigenvalue weighted by Crippen LogP contribution is -2.39. The van der Waals surface area contributed by atoms with Gasteiger partial charge in [-0.25, -0.2) is 4.98 Å². The Bertz CT molecular complexity index is 827. The van der Waals surface area contributed by atoms with E-state index in [-0.39, 0.29) is 24.3 Å². The van der Waals surface area contributed by atoms with Crippen LogP contribution in [0.25, 0.3) is 0 Å². The summed E-state index contributed by atoms with van der Waals surface area (Å²) < 4.78 is 10.4. The number of aromatic nitrogens is 1. The minimum atomic E-state index is -0.229. The zero-order valence-corrected chi connectivity index (χ0v) is 18.8. The molecule has 1 atom stereocenters. The Morgan fingerprint density at radius 3 is 2.70 bits per heavy atom. The standard InChI is InChI=1S/C21H30N4O4S/c1-5-15(2)22-19(26)10-11-25(12-13-28-3)20(27)17-14-30-21(24-17)23-16-8-6-7-9-18(16)29-4/h6-9,14-15H,5,10-13H2,1-4H3,(H,22,26)(H,23,24). The van der Waals surface area contributed by atoms with Crippen molar-refractivity contribution in [3.8, 4) is 5.75 Å². The first-order valence-electron chi connectivity index (χ1n) is 9.91. The number of ether oxygens (including phenoxy) is 2. The fourth-order valence-electron chi connectivity index (χ4n) is 2.66. The first kappa shape index (κ1) is 23.6. The summed E-state index contributed by atoms with van der Waals surface area (Å²) in [6.45, 7) is 5.04. The molecule has 0 radical (unpaired) electrons. The van der Waals surface area contributed by atoms with Gasteiger partial charge >= 0.3 is 0 Å². The monoisotopic (exact) mass is 434 g/mol. The van der Waals surface area contributed by atoms with Crippen LogP contribution < -0.4 is 15.4 Å². The molecule has 0 aliphatic heterocycles. The molecular weight excluding hydrogens is 404 g/mol. The topological polar surface area (TPSA) is 92.8 Å². The second-order valence-electron chi connectivity index (χ2n) is 6.77. The Hall–Kier alpha value is -2.65. The van der Waals surface area contributed by atoms with Crippen molar-refractivity contribution in [3.05, 3.63) is 35.3 Å². The lowest BCUT2D eigenvalue weighted by atomic mass is 10.2. The highest BCUT2D eigenvalue weighted by Gasteiger charge is 2.20. The highest BCUT2D eigenvalue weighted by atomic mass is 32.1. The number of anilines is 2. The molecule has 0 spiro atoms. The van der Waals surface area contributed by atoms with Gasteiger partial charge < -0.3 is 25.0 Å². The average Bonchev–Trinajstić information content (AvgIpc) is 3.22. The van der Waals surface area contributed by atoms with Gasteiger partial charge in [-0.1, -0.05) is 19.1 Å². The number of para-hydroxylation sites is 2. The maximum Gasteiger partial charge on any atom is 0.273 e. The lowest BCUT2D eigenvalue weighted by Gasteiger charge is -2.21. The highest BCUT2D eigenvalue weighted by molar-refractivity contribution is 7.14. The third-order valence-corrected chi connectivity index (χ3v) is 5.31. The van der Waals surface area contributed by atoms with Gasteiger partial charge in [-0.15, -0.1) is 11.3 Å². The number of hydrogen-bond donors (Lipinski definition) is 2. The van der Waals surface area contributed by atoms with E-state index < -0.39 is 0 Å². The number of methoxy groups -OCH3 is 2. The van der Waals surface area contributed by atoms with Crippen LogP contribution in [0.3, 0.4) is 0 Å². The summed E-state index contributed by atoms with van der Waals surface area (Å²) in [5.74, 6) is 0.388. The Morgan fingerprint density at radius 1 is 1.23 bits per heavy atom. The SMILES string of the molecule is CCC(C)NC(=O)CCN(CCOC)C(=O)c1csc(Nc2ccccc2OC)n1. The van der Waals surface area contributed by atoms with Crippen molar-refractivity contribution >= 4 is 34.0 Å². The summed E-state index contributed by atoms with van der Waals surface area (Å²) in [5.41, 5.74) is 1.10. The number of benzene rings is 1. The summed E-state index contributed by atoms with van der Waals surface area (Å²) in [6, 6.07) is 7.61. The molecule has 0 saturated carbocycles. The number of nitrogens with zero attached hydrogens (tertiary/aromatic N) is 2. The van der Waals surface area contributed by atoms with Crippen LogP contribution in [0.4, 0.5) is 10.8 Å². The number of amides is 2. The Labute approximate surface area is 181 Å². The normalized spacial score (nSPS) is 11.6. The van der Waals surface area contributed by atoms with E-state index in [0.29, 0.717) is 36.3 Å². The first-order chi connectivity index (χ1) is 14.5. The van der Waals surface area contributed by atoms with Crippen LogP contribution in [-0.2, 0) is 9.53 Å². The van der Waals surface area contributed by atoms with Crippen molar-refractivity contribution in [2.24, 2.45) is 0 Å². The summed E-state index contributed by atoms with van der Waals surface area (Å²) in [5, 5.41) is 8.39.